The number of carboxylic acids is 1. The van der Waals surface area contributed by atoms with E-state index < -0.39 is 24.9 Å². The first kappa shape index (κ1) is 21.3. The molecule has 0 fully saturated rings. The Morgan fingerprint density at radius 3 is 2.44 bits per heavy atom. The van der Waals surface area contributed by atoms with Crippen molar-refractivity contribution in [1.29, 1.82) is 0 Å². The molecule has 1 heterocycles. The molecule has 0 radical (unpaired) electrons. The molecule has 4 atom stereocenters. The maximum atomic E-state index is 13.4. The molecule has 1 aromatic heterocycles. The van der Waals surface area contributed by atoms with Gasteiger partial charge in [-0.15, -0.1) is 0 Å². The number of hydrogen-bond donors (Lipinski definition) is 2. The Hall–Kier alpha value is -1.97. The van der Waals surface area contributed by atoms with Gasteiger partial charge in [0, 0.05) is 24.2 Å². The zero-order valence-electron chi connectivity index (χ0n) is 15.9. The molecule has 0 saturated heterocycles. The molecule has 0 aliphatic heterocycles. The zero-order chi connectivity index (χ0) is 19.9. The summed E-state index contributed by atoms with van der Waals surface area (Å²) in [6.45, 7) is 3.63. The number of carbonyl (C=O) groups is 1. The van der Waals surface area contributed by atoms with E-state index in [4.69, 9.17) is 0 Å². The molecule has 0 spiro atoms. The fourth-order valence-electron chi connectivity index (χ4n) is 3.53. The number of aliphatic carboxylic acids is 1. The van der Waals surface area contributed by atoms with Crippen molar-refractivity contribution in [3.8, 4) is 0 Å². The summed E-state index contributed by atoms with van der Waals surface area (Å²) in [7, 11) is -3.57. The summed E-state index contributed by atoms with van der Waals surface area (Å²) < 4.78 is 13.4. The topological polar surface area (TPSA) is 87.5 Å². The van der Waals surface area contributed by atoms with Crippen LogP contribution in [0.3, 0.4) is 0 Å². The van der Waals surface area contributed by atoms with E-state index in [0.717, 1.165) is 17.5 Å². The Morgan fingerprint density at radius 1 is 1.19 bits per heavy atom. The van der Waals surface area contributed by atoms with Crippen LogP contribution in [0.15, 0.2) is 54.9 Å². The lowest BCUT2D eigenvalue weighted by molar-refractivity contribution is -0.141. The molecule has 2 aromatic rings. The van der Waals surface area contributed by atoms with Gasteiger partial charge in [0.15, 0.2) is 0 Å². The van der Waals surface area contributed by atoms with Crippen LogP contribution in [-0.4, -0.2) is 26.6 Å². The number of rotatable bonds is 10. The highest BCUT2D eigenvalue weighted by Crippen LogP contribution is 2.57. The number of pyridine rings is 1. The van der Waals surface area contributed by atoms with E-state index in [9.17, 15) is 19.4 Å². The molecule has 6 heteroatoms. The van der Waals surface area contributed by atoms with Crippen LogP contribution in [-0.2, 0) is 15.5 Å². The van der Waals surface area contributed by atoms with Crippen LogP contribution in [0.2, 0.25) is 0 Å². The Labute approximate surface area is 160 Å². The van der Waals surface area contributed by atoms with Gasteiger partial charge in [-0.3, -0.25) is 14.3 Å². The summed E-state index contributed by atoms with van der Waals surface area (Å²) in [5.74, 6) is -1.83. The predicted molar refractivity (Wildman–Crippen MR) is 107 cm³/mol. The molecule has 2 N–H and O–H groups in total. The van der Waals surface area contributed by atoms with Crippen molar-refractivity contribution in [2.75, 3.05) is 0 Å². The Kier molecular flexibility index (Phi) is 7.76. The first-order valence-electron chi connectivity index (χ1n) is 9.33. The van der Waals surface area contributed by atoms with E-state index >= 15 is 0 Å². The lowest BCUT2D eigenvalue weighted by Crippen LogP contribution is -2.25. The molecular weight excluding hydrogens is 361 g/mol. The molecule has 0 saturated carbocycles. The third-order valence-corrected chi connectivity index (χ3v) is 7.43. The molecular formula is C21H28NO4P. The lowest BCUT2D eigenvalue weighted by atomic mass is 9.86. The van der Waals surface area contributed by atoms with E-state index in [-0.39, 0.29) is 12.1 Å². The average molecular weight is 389 g/mol. The summed E-state index contributed by atoms with van der Waals surface area (Å²) in [5, 5.41) is 9.38. The largest absolute Gasteiger partial charge is 0.481 e. The molecule has 5 nitrogen and oxygen atoms in total. The highest BCUT2D eigenvalue weighted by Gasteiger charge is 2.38. The number of aromatic nitrogens is 1. The molecule has 2 rings (SSSR count). The Balaban J connectivity index is 2.39. The van der Waals surface area contributed by atoms with Gasteiger partial charge < -0.3 is 10.00 Å². The van der Waals surface area contributed by atoms with Crippen molar-refractivity contribution in [2.45, 2.75) is 50.8 Å². The molecule has 0 bridgehead atoms. The monoisotopic (exact) mass is 389 g/mol. The zero-order valence-corrected chi connectivity index (χ0v) is 16.8. The van der Waals surface area contributed by atoms with Gasteiger partial charge in [-0.25, -0.2) is 0 Å². The van der Waals surface area contributed by atoms with Crippen LogP contribution >= 0.6 is 7.37 Å². The minimum atomic E-state index is -3.57. The second kappa shape index (κ2) is 9.82. The summed E-state index contributed by atoms with van der Waals surface area (Å²) in [6, 6.07) is 13.0. The van der Waals surface area contributed by atoms with Gasteiger partial charge in [0.1, 0.15) is 0 Å². The van der Waals surface area contributed by atoms with Gasteiger partial charge in [0.05, 0.1) is 5.92 Å². The second-order valence-electron chi connectivity index (χ2n) is 7.12. The maximum absolute atomic E-state index is 13.4. The van der Waals surface area contributed by atoms with Crippen molar-refractivity contribution in [1.82, 2.24) is 4.98 Å². The molecule has 4 unspecified atom stereocenters. The molecule has 0 amide bonds. The second-order valence-corrected chi connectivity index (χ2v) is 9.61. The Bertz CT molecular complexity index is 766. The van der Waals surface area contributed by atoms with Gasteiger partial charge >= 0.3 is 5.97 Å². The van der Waals surface area contributed by atoms with Gasteiger partial charge in [-0.05, 0) is 36.0 Å². The normalized spacial score (nSPS) is 16.9. The van der Waals surface area contributed by atoms with E-state index in [1.165, 1.54) is 0 Å². The fraction of sp³-hybridized carbons (Fsp3) is 0.429. The fourth-order valence-corrected chi connectivity index (χ4v) is 6.02. The smallest absolute Gasteiger partial charge is 0.306 e. The van der Waals surface area contributed by atoms with Crippen LogP contribution < -0.4 is 0 Å². The highest BCUT2D eigenvalue weighted by molar-refractivity contribution is 7.58. The van der Waals surface area contributed by atoms with Gasteiger partial charge in [0.2, 0.25) is 7.37 Å². The molecule has 27 heavy (non-hydrogen) atoms. The third-order valence-electron chi connectivity index (χ3n) is 4.96. The van der Waals surface area contributed by atoms with Crippen molar-refractivity contribution in [3.05, 3.63) is 66.0 Å². The van der Waals surface area contributed by atoms with Gasteiger partial charge in [-0.1, -0.05) is 56.7 Å². The van der Waals surface area contributed by atoms with E-state index in [2.05, 4.69) is 4.98 Å². The Morgan fingerprint density at radius 2 is 1.89 bits per heavy atom. The highest BCUT2D eigenvalue weighted by atomic mass is 31.2. The van der Waals surface area contributed by atoms with Crippen LogP contribution in [0.4, 0.5) is 0 Å². The lowest BCUT2D eigenvalue weighted by Gasteiger charge is -2.32. The first-order chi connectivity index (χ1) is 12.8. The molecule has 1 aromatic carbocycles. The number of nitrogens with zero attached hydrogens (tertiary/aromatic N) is 1. The maximum Gasteiger partial charge on any atom is 0.306 e. The number of hydrogen-bond acceptors (Lipinski definition) is 3. The SMILES string of the molecule is CCCC(C(CC(C)C(=O)O)c1cccnc1)P(=O)(O)Cc1ccccc1. The molecule has 0 aliphatic rings. The quantitative estimate of drug-likeness (QED) is 0.564. The first-order valence-corrected chi connectivity index (χ1v) is 11.2. The minimum absolute atomic E-state index is 0.0940. The predicted octanol–water partition coefficient (Wildman–Crippen LogP) is 4.92. The summed E-state index contributed by atoms with van der Waals surface area (Å²) in [6.07, 6.45) is 5.05. The van der Waals surface area contributed by atoms with E-state index in [1.807, 2.05) is 43.3 Å². The summed E-state index contributed by atoms with van der Waals surface area (Å²) >= 11 is 0. The summed E-state index contributed by atoms with van der Waals surface area (Å²) in [4.78, 5) is 26.6. The minimum Gasteiger partial charge on any atom is -0.481 e. The third kappa shape index (κ3) is 6.02. The van der Waals surface area contributed by atoms with Crippen LogP contribution in [0.1, 0.15) is 50.2 Å². The standard InChI is InChI=1S/C21H28NO4P/c1-3-8-20(27(25,26)15-17-9-5-4-6-10-17)19(13-16(2)21(23)24)18-11-7-12-22-14-18/h4-7,9-12,14,16,19-20H,3,8,13,15H2,1-2H3,(H,23,24)(H,25,26). The molecule has 146 valence electrons. The van der Waals surface area contributed by atoms with Gasteiger partial charge in [0.25, 0.3) is 0 Å². The van der Waals surface area contributed by atoms with E-state index in [0.29, 0.717) is 12.8 Å². The van der Waals surface area contributed by atoms with Crippen LogP contribution in [0.5, 0.6) is 0 Å². The van der Waals surface area contributed by atoms with Crippen molar-refractivity contribution >= 4 is 13.3 Å². The average Bonchev–Trinajstić information content (AvgIpc) is 2.65. The van der Waals surface area contributed by atoms with Crippen molar-refractivity contribution in [3.63, 3.8) is 0 Å². The van der Waals surface area contributed by atoms with E-state index in [1.54, 1.807) is 25.4 Å². The van der Waals surface area contributed by atoms with Crippen LogP contribution in [0, 0.1) is 5.92 Å². The number of carboxylic acid groups (broad SMARTS) is 1. The molecule has 0 aliphatic carbocycles. The summed E-state index contributed by atoms with van der Waals surface area (Å²) in [5.41, 5.74) is 1.14. The van der Waals surface area contributed by atoms with Crippen molar-refractivity contribution in [2.24, 2.45) is 5.92 Å². The van der Waals surface area contributed by atoms with Crippen LogP contribution in [0.25, 0.3) is 0 Å². The number of benzene rings is 1. The van der Waals surface area contributed by atoms with Crippen molar-refractivity contribution < 1.29 is 19.4 Å². The van der Waals surface area contributed by atoms with Gasteiger partial charge in [-0.2, -0.15) is 0 Å².